The van der Waals surface area contributed by atoms with Gasteiger partial charge in [0.15, 0.2) is 4.80 Å². The topological polar surface area (TPSA) is 100 Å². The van der Waals surface area contributed by atoms with Gasteiger partial charge in [0.2, 0.25) is 0 Å². The zero-order chi connectivity index (χ0) is 32.9. The molecule has 0 aliphatic carbocycles. The second-order valence-electron chi connectivity index (χ2n) is 10.7. The molecule has 238 valence electrons. The quantitative estimate of drug-likeness (QED) is 0.216. The minimum atomic E-state index is -0.799. The van der Waals surface area contributed by atoms with Crippen molar-refractivity contribution in [3.63, 3.8) is 0 Å². The highest BCUT2D eigenvalue weighted by Crippen LogP contribution is 2.37. The summed E-state index contributed by atoms with van der Waals surface area (Å²) in [5.74, 6) is 2.20. The van der Waals surface area contributed by atoms with Crippen LogP contribution in [0.5, 0.6) is 23.0 Å². The summed E-state index contributed by atoms with van der Waals surface area (Å²) >= 11 is 1.27. The second kappa shape index (κ2) is 13.8. The molecule has 47 heavy (non-hydrogen) atoms. The predicted molar refractivity (Wildman–Crippen MR) is 182 cm³/mol. The van der Waals surface area contributed by atoms with Crippen molar-refractivity contribution in [1.82, 2.24) is 4.57 Å². The summed E-state index contributed by atoms with van der Waals surface area (Å²) < 4.78 is 24.4. The molecule has 4 aromatic carbocycles. The van der Waals surface area contributed by atoms with Crippen molar-refractivity contribution in [3.8, 4) is 23.0 Å². The molecule has 1 N–H and O–H groups in total. The van der Waals surface area contributed by atoms with Gasteiger partial charge in [-0.25, -0.2) is 4.99 Å². The molecule has 2 heterocycles. The number of methoxy groups -OCH3 is 3. The summed E-state index contributed by atoms with van der Waals surface area (Å²) in [6.07, 6.45) is 1.82. The van der Waals surface area contributed by atoms with Gasteiger partial charge in [-0.1, -0.05) is 53.8 Å². The monoisotopic (exact) mass is 647 g/mol. The number of nitrogens with one attached hydrogen (secondary N) is 1. The molecule has 1 aromatic heterocycles. The van der Waals surface area contributed by atoms with Gasteiger partial charge in [0.1, 0.15) is 35.6 Å². The number of carbonyl (C=O) groups excluding carboxylic acids is 1. The van der Waals surface area contributed by atoms with E-state index in [-0.39, 0.29) is 11.5 Å². The molecule has 0 unspecified atom stereocenters. The molecule has 0 bridgehead atoms. The minimum Gasteiger partial charge on any atom is -0.497 e. The molecule has 0 radical (unpaired) electrons. The van der Waals surface area contributed by atoms with Crippen LogP contribution in [0, 0.1) is 0 Å². The number of thiazole rings is 1. The molecular weight excluding hydrogens is 614 g/mol. The molecule has 0 fully saturated rings. The zero-order valence-electron chi connectivity index (χ0n) is 26.4. The predicted octanol–water partition coefficient (Wildman–Crippen LogP) is 5.48. The highest BCUT2D eigenvalue weighted by molar-refractivity contribution is 7.07. The van der Waals surface area contributed by atoms with Crippen molar-refractivity contribution in [2.75, 3.05) is 26.6 Å². The summed E-state index contributed by atoms with van der Waals surface area (Å²) in [6, 6.07) is 29.0. The standard InChI is InChI=1S/C37H33N3O6S/c1-23-33(35(41)39-26-8-6-5-7-9-26)34(30-19-18-29(44-3)21-31(30)45-4)40-36(42)32(47-37(40)38-23)20-24-10-16-28(17-11-24)46-22-25-12-14-27(43-2)15-13-25/h5-21,34H,22H2,1-4H3,(H,39,41)/b32-20-/t34-/m0/s1. The van der Waals surface area contributed by atoms with Gasteiger partial charge in [0, 0.05) is 17.3 Å². The van der Waals surface area contributed by atoms with E-state index in [2.05, 4.69) is 5.32 Å². The Morgan fingerprint density at radius 2 is 1.55 bits per heavy atom. The SMILES string of the molecule is COc1ccc(COc2ccc(/C=c3\sc4n(c3=O)[C@@H](c3ccc(OC)cc3OC)C(C(=O)Nc3ccccc3)=C(C)N=4)cc2)cc1. The molecule has 0 saturated carbocycles. The van der Waals surface area contributed by atoms with Crippen LogP contribution in [0.1, 0.15) is 29.7 Å². The van der Waals surface area contributed by atoms with Crippen molar-refractivity contribution in [2.45, 2.75) is 19.6 Å². The van der Waals surface area contributed by atoms with Crippen molar-refractivity contribution in [2.24, 2.45) is 4.99 Å². The number of aromatic nitrogens is 1. The third-order valence-corrected chi connectivity index (χ3v) is 8.76. The molecule has 5 aromatic rings. The van der Waals surface area contributed by atoms with E-state index in [0.717, 1.165) is 16.9 Å². The van der Waals surface area contributed by atoms with Crippen molar-refractivity contribution < 1.29 is 23.7 Å². The first kappa shape index (κ1) is 31.4. The Labute approximate surface area is 275 Å². The lowest BCUT2D eigenvalue weighted by Crippen LogP contribution is -2.40. The first-order valence-electron chi connectivity index (χ1n) is 14.8. The fourth-order valence-electron chi connectivity index (χ4n) is 5.37. The van der Waals surface area contributed by atoms with E-state index >= 15 is 0 Å². The van der Waals surface area contributed by atoms with Crippen molar-refractivity contribution >= 4 is 29.0 Å². The van der Waals surface area contributed by atoms with Gasteiger partial charge in [-0.05, 0) is 72.7 Å². The lowest BCUT2D eigenvalue weighted by molar-refractivity contribution is -0.113. The Hall–Kier alpha value is -5.61. The second-order valence-corrected chi connectivity index (χ2v) is 11.7. The summed E-state index contributed by atoms with van der Waals surface area (Å²) in [6.45, 7) is 2.20. The van der Waals surface area contributed by atoms with E-state index in [9.17, 15) is 9.59 Å². The molecule has 1 amide bonds. The van der Waals surface area contributed by atoms with E-state index < -0.39 is 6.04 Å². The van der Waals surface area contributed by atoms with E-state index in [4.69, 9.17) is 23.9 Å². The zero-order valence-corrected chi connectivity index (χ0v) is 27.2. The highest BCUT2D eigenvalue weighted by atomic mass is 32.1. The van der Waals surface area contributed by atoms with E-state index in [1.54, 1.807) is 57.1 Å². The van der Waals surface area contributed by atoms with Crippen molar-refractivity contribution in [3.05, 3.63) is 145 Å². The lowest BCUT2D eigenvalue weighted by Gasteiger charge is -2.26. The summed E-state index contributed by atoms with van der Waals surface area (Å²) in [4.78, 5) is 33.3. The van der Waals surface area contributed by atoms with Crippen LogP contribution in [0.4, 0.5) is 5.69 Å². The Morgan fingerprint density at radius 1 is 0.872 bits per heavy atom. The van der Waals surface area contributed by atoms with Gasteiger partial charge in [-0.3, -0.25) is 14.2 Å². The minimum absolute atomic E-state index is 0.269. The molecule has 0 spiro atoms. The van der Waals surface area contributed by atoms with Gasteiger partial charge in [-0.2, -0.15) is 0 Å². The van der Waals surface area contributed by atoms with E-state index in [0.29, 0.717) is 55.7 Å². The number of anilines is 1. The molecule has 0 saturated heterocycles. The largest absolute Gasteiger partial charge is 0.497 e. The molecule has 9 nitrogen and oxygen atoms in total. The van der Waals surface area contributed by atoms with E-state index in [1.807, 2.05) is 78.9 Å². The number of amides is 1. The highest BCUT2D eigenvalue weighted by Gasteiger charge is 2.34. The summed E-state index contributed by atoms with van der Waals surface area (Å²) in [5.41, 5.74) is 3.68. The van der Waals surface area contributed by atoms with Crippen LogP contribution in [0.25, 0.3) is 6.08 Å². The first-order valence-corrected chi connectivity index (χ1v) is 15.7. The molecule has 10 heteroatoms. The summed E-state index contributed by atoms with van der Waals surface area (Å²) in [5, 5.41) is 2.97. The number of rotatable bonds is 10. The molecule has 6 rings (SSSR count). The third kappa shape index (κ3) is 6.68. The first-order chi connectivity index (χ1) is 22.9. The molecule has 1 atom stereocenters. The Kier molecular flexibility index (Phi) is 9.21. The average Bonchev–Trinajstić information content (AvgIpc) is 3.41. The third-order valence-electron chi connectivity index (χ3n) is 7.78. The van der Waals surface area contributed by atoms with Gasteiger partial charge in [0.05, 0.1) is 37.1 Å². The van der Waals surface area contributed by atoms with E-state index in [1.165, 1.54) is 11.3 Å². The van der Waals surface area contributed by atoms with Crippen LogP contribution in [0.2, 0.25) is 0 Å². The number of ether oxygens (including phenoxy) is 4. The Balaban J connectivity index is 1.36. The average molecular weight is 648 g/mol. The number of nitrogens with zero attached hydrogens (tertiary/aromatic N) is 2. The maximum absolute atomic E-state index is 14.2. The number of hydrogen-bond donors (Lipinski definition) is 1. The fourth-order valence-corrected chi connectivity index (χ4v) is 6.42. The number of benzene rings is 4. The number of carbonyl (C=O) groups is 1. The Bertz CT molecular complexity index is 2120. The van der Waals surface area contributed by atoms with Gasteiger partial charge >= 0.3 is 0 Å². The van der Waals surface area contributed by atoms with Crippen LogP contribution in [0.15, 0.2) is 118 Å². The maximum atomic E-state index is 14.2. The Morgan fingerprint density at radius 3 is 2.23 bits per heavy atom. The van der Waals surface area contributed by atoms with Crippen LogP contribution >= 0.6 is 11.3 Å². The number of fused-ring (bicyclic) bond motifs is 1. The normalized spacial score (nSPS) is 14.2. The molecule has 1 aliphatic rings. The fraction of sp³-hybridized carbons (Fsp3) is 0.162. The smallest absolute Gasteiger partial charge is 0.271 e. The summed E-state index contributed by atoms with van der Waals surface area (Å²) in [7, 11) is 4.75. The van der Waals surface area contributed by atoms with Gasteiger partial charge < -0.3 is 24.3 Å². The van der Waals surface area contributed by atoms with Crippen LogP contribution in [-0.4, -0.2) is 31.8 Å². The lowest BCUT2D eigenvalue weighted by atomic mass is 9.94. The van der Waals surface area contributed by atoms with Gasteiger partial charge in [0.25, 0.3) is 11.5 Å². The number of para-hydroxylation sites is 1. The van der Waals surface area contributed by atoms with Crippen molar-refractivity contribution in [1.29, 1.82) is 0 Å². The number of hydrogen-bond acceptors (Lipinski definition) is 8. The molecule has 1 aliphatic heterocycles. The van der Waals surface area contributed by atoms with Crippen LogP contribution < -0.4 is 39.2 Å². The number of allylic oxidation sites excluding steroid dienone is 1. The van der Waals surface area contributed by atoms with Crippen LogP contribution in [0.3, 0.4) is 0 Å². The molecular formula is C37H33N3O6S. The van der Waals surface area contributed by atoms with Crippen LogP contribution in [-0.2, 0) is 11.4 Å². The van der Waals surface area contributed by atoms with Gasteiger partial charge in [-0.15, -0.1) is 0 Å². The maximum Gasteiger partial charge on any atom is 0.271 e.